The fourth-order valence-corrected chi connectivity index (χ4v) is 1.53. The smallest absolute Gasteiger partial charge is 0.360 e. The molecule has 17 heavy (non-hydrogen) atoms. The molecule has 0 radical (unpaired) electrons. The highest BCUT2D eigenvalue weighted by Gasteiger charge is 2.12. The molecule has 2 heterocycles. The van der Waals surface area contributed by atoms with Gasteiger partial charge in [-0.15, -0.1) is 5.10 Å². The third-order valence-corrected chi connectivity index (χ3v) is 2.35. The van der Waals surface area contributed by atoms with Crippen molar-refractivity contribution in [2.75, 3.05) is 6.61 Å². The standard InChI is InChI=1S/C10H9BrN4O2/c1-2-17-10(16)7-6-15(14-13-7)9-5-3-4-8(11)12-9/h3-6H,2H2,1H3. The van der Waals surface area contributed by atoms with Crippen molar-refractivity contribution in [3.8, 4) is 5.82 Å². The molecule has 6 nitrogen and oxygen atoms in total. The van der Waals surface area contributed by atoms with Gasteiger partial charge in [-0.05, 0) is 35.0 Å². The summed E-state index contributed by atoms with van der Waals surface area (Å²) in [6.45, 7) is 2.04. The van der Waals surface area contributed by atoms with Crippen LogP contribution in [0.3, 0.4) is 0 Å². The first-order valence-corrected chi connectivity index (χ1v) is 5.72. The Labute approximate surface area is 106 Å². The maximum Gasteiger partial charge on any atom is 0.360 e. The van der Waals surface area contributed by atoms with Crippen LogP contribution in [0.5, 0.6) is 0 Å². The SMILES string of the molecule is CCOC(=O)c1cn(-c2cccc(Br)n2)nn1. The summed E-state index contributed by atoms with van der Waals surface area (Å²) >= 11 is 3.26. The molecule has 0 atom stereocenters. The number of hydrogen-bond acceptors (Lipinski definition) is 5. The molecule has 7 heteroatoms. The van der Waals surface area contributed by atoms with Crippen molar-refractivity contribution in [3.05, 3.63) is 34.7 Å². The van der Waals surface area contributed by atoms with Crippen molar-refractivity contribution >= 4 is 21.9 Å². The van der Waals surface area contributed by atoms with Gasteiger partial charge in [0.15, 0.2) is 11.5 Å². The summed E-state index contributed by atoms with van der Waals surface area (Å²) in [6.07, 6.45) is 1.48. The number of esters is 1. The topological polar surface area (TPSA) is 69.9 Å². The molecule has 0 aromatic carbocycles. The Hall–Kier alpha value is -1.76. The maximum absolute atomic E-state index is 11.4. The second-order valence-corrected chi connectivity index (χ2v) is 3.90. The molecular formula is C10H9BrN4O2. The molecule has 2 rings (SSSR count). The largest absolute Gasteiger partial charge is 0.461 e. The number of rotatable bonds is 3. The molecule has 0 aliphatic carbocycles. The second kappa shape index (κ2) is 5.05. The van der Waals surface area contributed by atoms with E-state index in [-0.39, 0.29) is 5.69 Å². The van der Waals surface area contributed by atoms with E-state index in [4.69, 9.17) is 4.74 Å². The van der Waals surface area contributed by atoms with E-state index in [9.17, 15) is 4.79 Å². The zero-order valence-corrected chi connectivity index (χ0v) is 10.6. The third kappa shape index (κ3) is 2.68. The fraction of sp³-hybridized carbons (Fsp3) is 0.200. The average Bonchev–Trinajstić information content (AvgIpc) is 2.78. The van der Waals surface area contributed by atoms with Crippen LogP contribution in [0.25, 0.3) is 5.82 Å². The number of ether oxygens (including phenoxy) is 1. The Morgan fingerprint density at radius 2 is 2.35 bits per heavy atom. The van der Waals surface area contributed by atoms with Crippen LogP contribution >= 0.6 is 15.9 Å². The first kappa shape index (κ1) is 11.7. The number of aromatic nitrogens is 4. The molecule has 0 spiro atoms. The van der Waals surface area contributed by atoms with Crippen molar-refractivity contribution in [1.29, 1.82) is 0 Å². The number of carbonyl (C=O) groups is 1. The van der Waals surface area contributed by atoms with Gasteiger partial charge in [0.25, 0.3) is 0 Å². The van der Waals surface area contributed by atoms with Gasteiger partial charge in [-0.25, -0.2) is 14.5 Å². The average molecular weight is 297 g/mol. The highest BCUT2D eigenvalue weighted by molar-refractivity contribution is 9.10. The van der Waals surface area contributed by atoms with E-state index < -0.39 is 5.97 Å². The van der Waals surface area contributed by atoms with Crippen molar-refractivity contribution in [2.45, 2.75) is 6.92 Å². The predicted octanol–water partition coefficient (Wildman–Crippen LogP) is 1.60. The maximum atomic E-state index is 11.4. The van der Waals surface area contributed by atoms with E-state index in [1.807, 2.05) is 6.07 Å². The van der Waals surface area contributed by atoms with E-state index in [0.717, 1.165) is 0 Å². The quantitative estimate of drug-likeness (QED) is 0.636. The molecule has 2 aromatic rings. The molecule has 0 bridgehead atoms. The summed E-state index contributed by atoms with van der Waals surface area (Å²) in [5, 5.41) is 7.54. The summed E-state index contributed by atoms with van der Waals surface area (Å²) in [7, 11) is 0. The molecular weight excluding hydrogens is 288 g/mol. The number of nitrogens with zero attached hydrogens (tertiary/aromatic N) is 4. The van der Waals surface area contributed by atoms with E-state index in [1.54, 1.807) is 19.1 Å². The van der Waals surface area contributed by atoms with Crippen LogP contribution in [0.4, 0.5) is 0 Å². The summed E-state index contributed by atoms with van der Waals surface area (Å²) in [4.78, 5) is 15.6. The van der Waals surface area contributed by atoms with E-state index in [0.29, 0.717) is 17.0 Å². The van der Waals surface area contributed by atoms with Gasteiger partial charge in [-0.2, -0.15) is 0 Å². The van der Waals surface area contributed by atoms with Gasteiger partial charge in [-0.3, -0.25) is 0 Å². The number of halogens is 1. The number of carbonyl (C=O) groups excluding carboxylic acids is 1. The lowest BCUT2D eigenvalue weighted by atomic mass is 10.4. The highest BCUT2D eigenvalue weighted by atomic mass is 79.9. The Kier molecular flexibility index (Phi) is 3.48. The fourth-order valence-electron chi connectivity index (χ4n) is 1.20. The van der Waals surface area contributed by atoms with E-state index >= 15 is 0 Å². The normalized spacial score (nSPS) is 10.2. The minimum atomic E-state index is -0.492. The molecule has 0 fully saturated rings. The monoisotopic (exact) mass is 296 g/mol. The zero-order chi connectivity index (χ0) is 12.3. The Morgan fingerprint density at radius 3 is 3.06 bits per heavy atom. The Morgan fingerprint density at radius 1 is 1.53 bits per heavy atom. The first-order valence-electron chi connectivity index (χ1n) is 4.93. The second-order valence-electron chi connectivity index (χ2n) is 3.09. The van der Waals surface area contributed by atoms with Crippen LogP contribution in [0.2, 0.25) is 0 Å². The molecule has 0 N–H and O–H groups in total. The van der Waals surface area contributed by atoms with Gasteiger partial charge in [-0.1, -0.05) is 11.3 Å². The van der Waals surface area contributed by atoms with Gasteiger partial charge in [0.05, 0.1) is 12.8 Å². The third-order valence-electron chi connectivity index (χ3n) is 1.91. The minimum absolute atomic E-state index is 0.161. The van der Waals surface area contributed by atoms with Crippen molar-refractivity contribution in [1.82, 2.24) is 20.0 Å². The van der Waals surface area contributed by atoms with Gasteiger partial charge < -0.3 is 4.74 Å². The Bertz CT molecular complexity index is 541. The molecule has 0 unspecified atom stereocenters. The van der Waals surface area contributed by atoms with Crippen LogP contribution in [-0.4, -0.2) is 32.6 Å². The Balaban J connectivity index is 2.27. The van der Waals surface area contributed by atoms with Crippen molar-refractivity contribution < 1.29 is 9.53 Å². The lowest BCUT2D eigenvalue weighted by Crippen LogP contribution is -2.04. The number of pyridine rings is 1. The van der Waals surface area contributed by atoms with E-state index in [2.05, 4.69) is 31.2 Å². The van der Waals surface area contributed by atoms with Crippen LogP contribution in [0, 0.1) is 0 Å². The number of hydrogen-bond donors (Lipinski definition) is 0. The summed E-state index contributed by atoms with van der Waals surface area (Å²) in [5.41, 5.74) is 0.161. The summed E-state index contributed by atoms with van der Waals surface area (Å²) in [6, 6.07) is 5.37. The molecule has 0 aliphatic rings. The molecule has 2 aromatic heterocycles. The summed E-state index contributed by atoms with van der Waals surface area (Å²) in [5.74, 6) is 0.0798. The van der Waals surface area contributed by atoms with Crippen molar-refractivity contribution in [2.24, 2.45) is 0 Å². The van der Waals surface area contributed by atoms with Crippen molar-refractivity contribution in [3.63, 3.8) is 0 Å². The molecule has 0 saturated heterocycles. The lowest BCUT2D eigenvalue weighted by Gasteiger charge is -1.98. The van der Waals surface area contributed by atoms with Crippen LogP contribution < -0.4 is 0 Å². The van der Waals surface area contributed by atoms with Gasteiger partial charge >= 0.3 is 5.97 Å². The van der Waals surface area contributed by atoms with Gasteiger partial charge in [0.2, 0.25) is 0 Å². The molecule has 0 aliphatic heterocycles. The zero-order valence-electron chi connectivity index (χ0n) is 9.00. The van der Waals surface area contributed by atoms with Crippen LogP contribution in [-0.2, 0) is 4.74 Å². The van der Waals surface area contributed by atoms with Crippen LogP contribution in [0.1, 0.15) is 17.4 Å². The highest BCUT2D eigenvalue weighted by Crippen LogP contribution is 2.09. The molecule has 0 amide bonds. The molecule has 88 valence electrons. The lowest BCUT2D eigenvalue weighted by molar-refractivity contribution is 0.0519. The van der Waals surface area contributed by atoms with Gasteiger partial charge in [0.1, 0.15) is 4.60 Å². The minimum Gasteiger partial charge on any atom is -0.461 e. The van der Waals surface area contributed by atoms with E-state index in [1.165, 1.54) is 10.9 Å². The predicted molar refractivity (Wildman–Crippen MR) is 62.8 cm³/mol. The van der Waals surface area contributed by atoms with Gasteiger partial charge in [0, 0.05) is 0 Å². The van der Waals surface area contributed by atoms with Crippen LogP contribution in [0.15, 0.2) is 29.0 Å². The molecule has 0 saturated carbocycles. The summed E-state index contributed by atoms with van der Waals surface area (Å²) < 4.78 is 6.91. The first-order chi connectivity index (χ1) is 8.20.